The van der Waals surface area contributed by atoms with Gasteiger partial charge in [-0.3, -0.25) is 20.3 Å². The van der Waals surface area contributed by atoms with E-state index in [2.05, 4.69) is 0 Å². The number of benzene rings is 1. The van der Waals surface area contributed by atoms with Crippen molar-refractivity contribution in [1.82, 2.24) is 5.43 Å². The van der Waals surface area contributed by atoms with Crippen LogP contribution in [0.1, 0.15) is 11.3 Å². The summed E-state index contributed by atoms with van der Waals surface area (Å²) < 4.78 is 5.48. The number of hydrogen-bond donors (Lipinski definition) is 2. The normalized spacial score (nSPS) is 10.9. The van der Waals surface area contributed by atoms with Crippen molar-refractivity contribution in [3.8, 4) is 11.3 Å². The molecule has 1 amide bonds. The van der Waals surface area contributed by atoms with Crippen LogP contribution in [-0.2, 0) is 4.79 Å². The summed E-state index contributed by atoms with van der Waals surface area (Å²) in [6.45, 7) is 1.68. The molecule has 0 bridgehead atoms. The van der Waals surface area contributed by atoms with Gasteiger partial charge in [-0.1, -0.05) is 11.6 Å². The van der Waals surface area contributed by atoms with Gasteiger partial charge in [0, 0.05) is 17.2 Å². The van der Waals surface area contributed by atoms with Crippen LogP contribution in [0.15, 0.2) is 34.8 Å². The maximum Gasteiger partial charge on any atom is 0.280 e. The monoisotopic (exact) mass is 321 g/mol. The van der Waals surface area contributed by atoms with Crippen molar-refractivity contribution in [2.45, 2.75) is 6.92 Å². The van der Waals surface area contributed by atoms with E-state index < -0.39 is 10.8 Å². The van der Waals surface area contributed by atoms with Gasteiger partial charge in [0.2, 0.25) is 0 Å². The summed E-state index contributed by atoms with van der Waals surface area (Å²) in [4.78, 5) is 21.7. The molecule has 0 spiro atoms. The number of hydrogen-bond acceptors (Lipinski definition) is 5. The number of halogens is 1. The topological polar surface area (TPSA) is 111 Å². The Bertz CT molecular complexity index is 767. The maximum absolute atomic E-state index is 11.2. The van der Waals surface area contributed by atoms with Crippen LogP contribution in [0.2, 0.25) is 5.02 Å². The molecule has 0 unspecified atom stereocenters. The molecule has 0 radical (unpaired) electrons. The number of carbonyl (C=O) groups is 1. The molecular formula is C14H12ClN3O4. The molecule has 3 N–H and O–H groups in total. The van der Waals surface area contributed by atoms with Gasteiger partial charge in [-0.05, 0) is 36.8 Å². The fourth-order valence-electron chi connectivity index (χ4n) is 1.81. The van der Waals surface area contributed by atoms with Crippen LogP contribution in [0.5, 0.6) is 0 Å². The van der Waals surface area contributed by atoms with E-state index in [4.69, 9.17) is 21.9 Å². The van der Waals surface area contributed by atoms with Crippen LogP contribution < -0.4 is 11.3 Å². The van der Waals surface area contributed by atoms with E-state index in [1.807, 2.05) is 5.43 Å². The van der Waals surface area contributed by atoms with E-state index in [1.165, 1.54) is 24.3 Å². The van der Waals surface area contributed by atoms with Gasteiger partial charge in [0.15, 0.2) is 0 Å². The van der Waals surface area contributed by atoms with Gasteiger partial charge in [-0.15, -0.1) is 0 Å². The van der Waals surface area contributed by atoms with Gasteiger partial charge in [0.25, 0.3) is 11.6 Å². The highest BCUT2D eigenvalue weighted by molar-refractivity contribution is 6.31. The Labute approximate surface area is 130 Å². The molecule has 2 rings (SSSR count). The summed E-state index contributed by atoms with van der Waals surface area (Å²) >= 11 is 6.02. The second kappa shape index (κ2) is 6.42. The molecule has 1 aromatic heterocycles. The third-order valence-corrected chi connectivity index (χ3v) is 3.31. The number of carbonyl (C=O) groups excluding carboxylic acids is 1. The molecule has 0 fully saturated rings. The average molecular weight is 322 g/mol. The van der Waals surface area contributed by atoms with E-state index in [1.54, 1.807) is 19.1 Å². The molecule has 8 heteroatoms. The third-order valence-electron chi connectivity index (χ3n) is 2.91. The first kappa shape index (κ1) is 15.7. The molecule has 0 atom stereocenters. The zero-order chi connectivity index (χ0) is 16.3. The van der Waals surface area contributed by atoms with Gasteiger partial charge in [-0.25, -0.2) is 5.84 Å². The number of amides is 1. The largest absolute Gasteiger partial charge is 0.456 e. The molecule has 0 saturated carbocycles. The number of nitro groups is 1. The average Bonchev–Trinajstić information content (AvgIpc) is 2.95. The zero-order valence-corrected chi connectivity index (χ0v) is 12.3. The number of nitrogens with one attached hydrogen (secondary N) is 1. The molecule has 1 aromatic carbocycles. The van der Waals surface area contributed by atoms with E-state index in [9.17, 15) is 14.9 Å². The molecule has 2 aromatic rings. The molecule has 0 aliphatic heterocycles. The molecule has 114 valence electrons. The minimum absolute atomic E-state index is 0.105. The number of furan rings is 1. The van der Waals surface area contributed by atoms with Crippen molar-refractivity contribution in [2.75, 3.05) is 0 Å². The number of rotatable bonds is 4. The quantitative estimate of drug-likeness (QED) is 0.296. The first-order chi connectivity index (χ1) is 10.4. The van der Waals surface area contributed by atoms with Crippen LogP contribution in [0.25, 0.3) is 17.4 Å². The number of hydrazine groups is 1. The highest BCUT2D eigenvalue weighted by Gasteiger charge is 2.20. The highest BCUT2D eigenvalue weighted by atomic mass is 35.5. The molecule has 7 nitrogen and oxygen atoms in total. The van der Waals surface area contributed by atoms with Crippen molar-refractivity contribution in [2.24, 2.45) is 5.84 Å². The summed E-state index contributed by atoms with van der Waals surface area (Å²) in [5.74, 6) is 5.08. The van der Waals surface area contributed by atoms with Gasteiger partial charge in [0.1, 0.15) is 11.5 Å². The number of nitrogens with zero attached hydrogens (tertiary/aromatic N) is 1. The lowest BCUT2D eigenvalue weighted by Crippen LogP contribution is -2.27. The zero-order valence-electron chi connectivity index (χ0n) is 11.5. The number of nitrogens with two attached hydrogens (primary N) is 1. The van der Waals surface area contributed by atoms with Crippen LogP contribution in [-0.4, -0.2) is 10.8 Å². The molecule has 1 heterocycles. The summed E-state index contributed by atoms with van der Waals surface area (Å²) in [5, 5.41) is 11.6. The predicted molar refractivity (Wildman–Crippen MR) is 81.9 cm³/mol. The summed E-state index contributed by atoms with van der Waals surface area (Å²) in [6.07, 6.45) is 2.58. The van der Waals surface area contributed by atoms with Gasteiger partial charge in [0.05, 0.1) is 10.5 Å². The Morgan fingerprint density at radius 2 is 2.18 bits per heavy atom. The van der Waals surface area contributed by atoms with E-state index >= 15 is 0 Å². The standard InChI is InChI=1S/C14H12ClN3O4/c1-8-6-12(18(20)21)10(7-11(8)15)13-4-2-9(22-13)3-5-14(19)17-16/h2-7H,16H2,1H3,(H,17,19)/b5-3+. The van der Waals surface area contributed by atoms with Crippen LogP contribution >= 0.6 is 11.6 Å². The van der Waals surface area contributed by atoms with Gasteiger partial charge >= 0.3 is 0 Å². The van der Waals surface area contributed by atoms with E-state index in [-0.39, 0.29) is 17.0 Å². The maximum atomic E-state index is 11.2. The molecular weight excluding hydrogens is 310 g/mol. The summed E-state index contributed by atoms with van der Waals surface area (Å²) in [6, 6.07) is 6.01. The van der Waals surface area contributed by atoms with Gasteiger partial charge < -0.3 is 4.42 Å². The minimum atomic E-state index is -0.501. The minimum Gasteiger partial charge on any atom is -0.456 e. The lowest BCUT2D eigenvalue weighted by atomic mass is 10.1. The van der Waals surface area contributed by atoms with Gasteiger partial charge in [-0.2, -0.15) is 0 Å². The Kier molecular flexibility index (Phi) is 4.59. The van der Waals surface area contributed by atoms with E-state index in [0.29, 0.717) is 16.3 Å². The number of nitro benzene ring substituents is 1. The SMILES string of the molecule is Cc1cc([N+](=O)[O-])c(-c2ccc(/C=C/C(=O)NN)o2)cc1Cl. The van der Waals surface area contributed by atoms with Crippen LogP contribution in [0.3, 0.4) is 0 Å². The van der Waals surface area contributed by atoms with Crippen molar-refractivity contribution in [1.29, 1.82) is 0 Å². The molecule has 22 heavy (non-hydrogen) atoms. The van der Waals surface area contributed by atoms with Crippen molar-refractivity contribution in [3.63, 3.8) is 0 Å². The Morgan fingerprint density at radius 3 is 2.82 bits per heavy atom. The van der Waals surface area contributed by atoms with Crippen LogP contribution in [0.4, 0.5) is 5.69 Å². The lowest BCUT2D eigenvalue weighted by molar-refractivity contribution is -0.384. The molecule has 0 aliphatic rings. The molecule has 0 saturated heterocycles. The Hall–Kier alpha value is -2.64. The smallest absolute Gasteiger partial charge is 0.280 e. The Morgan fingerprint density at radius 1 is 1.45 bits per heavy atom. The third kappa shape index (κ3) is 3.33. The van der Waals surface area contributed by atoms with E-state index in [0.717, 1.165) is 0 Å². The first-order valence-electron chi connectivity index (χ1n) is 6.15. The Balaban J connectivity index is 2.43. The fraction of sp³-hybridized carbons (Fsp3) is 0.0714. The van der Waals surface area contributed by atoms with Crippen molar-refractivity contribution < 1.29 is 14.1 Å². The highest BCUT2D eigenvalue weighted by Crippen LogP contribution is 2.35. The second-order valence-corrected chi connectivity index (χ2v) is 4.83. The predicted octanol–water partition coefficient (Wildman–Crippen LogP) is 2.82. The number of aryl methyl sites for hydroxylation is 1. The van der Waals surface area contributed by atoms with Crippen molar-refractivity contribution in [3.05, 3.63) is 56.8 Å². The van der Waals surface area contributed by atoms with Crippen LogP contribution in [0, 0.1) is 17.0 Å². The first-order valence-corrected chi connectivity index (χ1v) is 6.53. The summed E-state index contributed by atoms with van der Waals surface area (Å²) in [5.41, 5.74) is 2.70. The van der Waals surface area contributed by atoms with Crippen molar-refractivity contribution >= 4 is 29.3 Å². The molecule has 0 aliphatic carbocycles. The second-order valence-electron chi connectivity index (χ2n) is 4.42. The fourth-order valence-corrected chi connectivity index (χ4v) is 1.97. The lowest BCUT2D eigenvalue weighted by Gasteiger charge is -2.03. The summed E-state index contributed by atoms with van der Waals surface area (Å²) in [7, 11) is 0.